The summed E-state index contributed by atoms with van der Waals surface area (Å²) in [5, 5.41) is 9.56. The summed E-state index contributed by atoms with van der Waals surface area (Å²) < 4.78 is 9.96. The number of hydrogen-bond donors (Lipinski definition) is 1. The van der Waals surface area contributed by atoms with Crippen LogP contribution in [-0.2, 0) is 14.3 Å². The van der Waals surface area contributed by atoms with Crippen molar-refractivity contribution in [2.75, 3.05) is 6.61 Å². The normalized spacial score (nSPS) is 15.4. The lowest BCUT2D eigenvalue weighted by Crippen LogP contribution is -2.44. The Bertz CT molecular complexity index is 290. The molecule has 0 saturated heterocycles. The lowest BCUT2D eigenvalue weighted by Gasteiger charge is -2.35. The number of carboxylic acid groups (broad SMARTS) is 1. The average Bonchev–Trinajstić information content (AvgIpc) is 2.38. The smallest absolute Gasteiger partial charge is 0.481 e. The van der Waals surface area contributed by atoms with Gasteiger partial charge >= 0.3 is 12.1 Å². The lowest BCUT2D eigenvalue weighted by molar-refractivity contribution is -0.159. The molecule has 0 heterocycles. The van der Waals surface area contributed by atoms with Crippen LogP contribution in [0.1, 0.15) is 59.8 Å². The second-order valence-electron chi connectivity index (χ2n) is 4.62. The minimum absolute atomic E-state index is 0.219. The first-order valence-electron chi connectivity index (χ1n) is 7.05. The Morgan fingerprint density at radius 1 is 1.21 bits per heavy atom. The van der Waals surface area contributed by atoms with Crippen LogP contribution in [0.3, 0.4) is 0 Å². The topological polar surface area (TPSA) is 72.8 Å². The summed E-state index contributed by atoms with van der Waals surface area (Å²) in [5.74, 6) is -0.903. The molecule has 0 aromatic carbocycles. The van der Waals surface area contributed by atoms with E-state index in [0.717, 1.165) is 12.8 Å². The highest BCUT2D eigenvalue weighted by atomic mass is 16.7. The van der Waals surface area contributed by atoms with Crippen LogP contribution in [0.4, 0.5) is 4.79 Å². The summed E-state index contributed by atoms with van der Waals surface area (Å²) in [4.78, 5) is 23.1. The zero-order chi connectivity index (χ0) is 14.9. The molecule has 2 unspecified atom stereocenters. The van der Waals surface area contributed by atoms with Crippen molar-refractivity contribution in [3.63, 3.8) is 0 Å². The molecular formula is C14H26O5. The van der Waals surface area contributed by atoms with Crippen molar-refractivity contribution in [3.8, 4) is 0 Å². The Labute approximate surface area is 115 Å². The largest absolute Gasteiger partial charge is 0.508 e. The number of carboxylic acids is 1. The molecule has 0 radical (unpaired) electrons. The van der Waals surface area contributed by atoms with Gasteiger partial charge in [0.05, 0.1) is 6.61 Å². The third kappa shape index (κ3) is 4.73. The van der Waals surface area contributed by atoms with Gasteiger partial charge in [0.25, 0.3) is 0 Å². The first kappa shape index (κ1) is 17.7. The Morgan fingerprint density at radius 2 is 1.84 bits per heavy atom. The molecule has 0 spiro atoms. The monoisotopic (exact) mass is 274 g/mol. The molecule has 5 nitrogen and oxygen atoms in total. The molecule has 0 saturated carbocycles. The van der Waals surface area contributed by atoms with E-state index in [0.29, 0.717) is 19.3 Å². The van der Waals surface area contributed by atoms with E-state index in [9.17, 15) is 14.7 Å². The van der Waals surface area contributed by atoms with E-state index in [1.165, 1.54) is 0 Å². The molecule has 19 heavy (non-hydrogen) atoms. The van der Waals surface area contributed by atoms with E-state index in [1.807, 2.05) is 20.8 Å². The molecule has 2 atom stereocenters. The molecule has 0 aliphatic heterocycles. The molecule has 1 N–H and O–H groups in total. The highest BCUT2D eigenvalue weighted by Gasteiger charge is 2.45. The fraction of sp³-hybridized carbons (Fsp3) is 0.857. The average molecular weight is 274 g/mol. The number of rotatable bonds is 9. The molecule has 0 aliphatic carbocycles. The highest BCUT2D eigenvalue weighted by Crippen LogP contribution is 2.37. The second kappa shape index (κ2) is 8.77. The Kier molecular flexibility index (Phi) is 8.19. The Hall–Kier alpha value is -1.26. The van der Waals surface area contributed by atoms with Crippen molar-refractivity contribution >= 4 is 12.1 Å². The Balaban J connectivity index is 5.05. The lowest BCUT2D eigenvalue weighted by atomic mass is 9.74. The van der Waals surface area contributed by atoms with Crippen LogP contribution in [-0.4, -0.2) is 29.9 Å². The van der Waals surface area contributed by atoms with Gasteiger partial charge in [-0.3, -0.25) is 4.79 Å². The van der Waals surface area contributed by atoms with Gasteiger partial charge in [0.2, 0.25) is 0 Å². The van der Waals surface area contributed by atoms with Crippen molar-refractivity contribution in [3.05, 3.63) is 0 Å². The summed E-state index contributed by atoms with van der Waals surface area (Å²) in [5.41, 5.74) is -1.02. The fourth-order valence-electron chi connectivity index (χ4n) is 2.31. The van der Waals surface area contributed by atoms with Crippen LogP contribution in [0.2, 0.25) is 0 Å². The Morgan fingerprint density at radius 3 is 2.21 bits per heavy atom. The maximum absolute atomic E-state index is 11.7. The van der Waals surface area contributed by atoms with Crippen molar-refractivity contribution in [1.82, 2.24) is 0 Å². The van der Waals surface area contributed by atoms with Crippen molar-refractivity contribution in [2.45, 2.75) is 65.9 Å². The summed E-state index contributed by atoms with van der Waals surface area (Å²) in [7, 11) is 0. The van der Waals surface area contributed by atoms with Crippen LogP contribution in [0.25, 0.3) is 0 Å². The van der Waals surface area contributed by atoms with Gasteiger partial charge in [-0.2, -0.15) is 0 Å². The number of carbonyl (C=O) groups excluding carboxylic acids is 1. The van der Waals surface area contributed by atoms with E-state index in [1.54, 1.807) is 6.92 Å². The van der Waals surface area contributed by atoms with E-state index < -0.39 is 23.6 Å². The molecule has 0 aliphatic rings. The summed E-state index contributed by atoms with van der Waals surface area (Å²) in [6, 6.07) is 0. The molecule has 0 aromatic heterocycles. The van der Waals surface area contributed by atoms with Gasteiger partial charge in [0.1, 0.15) is 11.5 Å². The first-order chi connectivity index (χ1) is 8.98. The molecule has 0 aromatic rings. The van der Waals surface area contributed by atoms with E-state index in [4.69, 9.17) is 9.47 Å². The van der Waals surface area contributed by atoms with Crippen molar-refractivity contribution in [2.24, 2.45) is 5.41 Å². The van der Waals surface area contributed by atoms with E-state index in [2.05, 4.69) is 0 Å². The minimum Gasteiger partial charge on any atom is -0.481 e. The second-order valence-corrected chi connectivity index (χ2v) is 4.62. The van der Waals surface area contributed by atoms with Crippen LogP contribution < -0.4 is 0 Å². The van der Waals surface area contributed by atoms with Crippen molar-refractivity contribution in [1.29, 1.82) is 0 Å². The molecule has 112 valence electrons. The molecular weight excluding hydrogens is 248 g/mol. The van der Waals surface area contributed by atoms with E-state index in [-0.39, 0.29) is 6.61 Å². The minimum atomic E-state index is -1.02. The number of unbranched alkanes of at least 4 members (excludes halogenated alkanes) is 1. The predicted molar refractivity (Wildman–Crippen MR) is 72.1 cm³/mol. The third-order valence-electron chi connectivity index (χ3n) is 3.52. The molecule has 0 amide bonds. The van der Waals surface area contributed by atoms with Gasteiger partial charge in [-0.25, -0.2) is 4.79 Å². The van der Waals surface area contributed by atoms with Gasteiger partial charge < -0.3 is 14.6 Å². The van der Waals surface area contributed by atoms with Crippen molar-refractivity contribution < 1.29 is 24.2 Å². The molecule has 0 rings (SSSR count). The quantitative estimate of drug-likeness (QED) is 0.650. The summed E-state index contributed by atoms with van der Waals surface area (Å²) >= 11 is 0. The summed E-state index contributed by atoms with van der Waals surface area (Å²) in [6.07, 6.45) is 1.66. The van der Waals surface area contributed by atoms with Gasteiger partial charge in [0, 0.05) is 0 Å². The highest BCUT2D eigenvalue weighted by molar-refractivity contribution is 5.76. The first-order valence-corrected chi connectivity index (χ1v) is 7.05. The zero-order valence-electron chi connectivity index (χ0n) is 12.4. The number of ether oxygens (including phenoxy) is 2. The van der Waals surface area contributed by atoms with Crippen LogP contribution in [0.15, 0.2) is 0 Å². The molecule has 0 bridgehead atoms. The maximum Gasteiger partial charge on any atom is 0.508 e. The maximum atomic E-state index is 11.7. The van der Waals surface area contributed by atoms with E-state index >= 15 is 0 Å². The molecule has 5 heteroatoms. The van der Waals surface area contributed by atoms with Gasteiger partial charge in [-0.15, -0.1) is 0 Å². The standard InChI is InChI=1S/C14H26O5/c1-5-9-10-14(7-3,12(15)16)11(6-2)19-13(17)18-8-4/h11H,5-10H2,1-4H3,(H,15,16). The number of aliphatic carboxylic acids is 1. The third-order valence-corrected chi connectivity index (χ3v) is 3.52. The SMILES string of the molecule is CCCCC(CC)(C(=O)O)C(CC)OC(=O)OCC. The summed E-state index contributed by atoms with van der Waals surface area (Å²) in [6.45, 7) is 7.56. The van der Waals surface area contributed by atoms with Gasteiger partial charge in [-0.05, 0) is 26.2 Å². The van der Waals surface area contributed by atoms with Gasteiger partial charge in [0.15, 0.2) is 0 Å². The predicted octanol–water partition coefficient (Wildman–Crippen LogP) is 3.61. The fourth-order valence-corrected chi connectivity index (χ4v) is 2.31. The van der Waals surface area contributed by atoms with Crippen LogP contribution >= 0.6 is 0 Å². The number of hydrogen-bond acceptors (Lipinski definition) is 4. The van der Waals surface area contributed by atoms with Gasteiger partial charge in [-0.1, -0.05) is 33.6 Å². The zero-order valence-corrected chi connectivity index (χ0v) is 12.4. The van der Waals surface area contributed by atoms with Crippen LogP contribution in [0.5, 0.6) is 0 Å². The molecule has 0 fully saturated rings. The number of carbonyl (C=O) groups is 2. The van der Waals surface area contributed by atoms with Crippen LogP contribution in [0, 0.1) is 5.41 Å².